The second-order valence-corrected chi connectivity index (χ2v) is 5.35. The predicted molar refractivity (Wildman–Crippen MR) is 85.2 cm³/mol. The molecule has 2 rings (SSSR count). The number of nitrogens with two attached hydrogens (primary N) is 2. The standard InChI is InChI=1S/C15H21N3O2.ClH/c16-13-6-2-1-5-12(13)15(20)18-9-3-4-11(10-18)7-8-14(17)19;/h1-2,5-6,11H,3-4,7-10,16H2,(H2,17,19);1H. The lowest BCUT2D eigenvalue weighted by molar-refractivity contribution is -0.118. The van der Waals surface area contributed by atoms with E-state index in [-0.39, 0.29) is 24.2 Å². The minimum atomic E-state index is -0.277. The minimum Gasteiger partial charge on any atom is -0.398 e. The third-order valence-electron chi connectivity index (χ3n) is 3.80. The number of piperidine rings is 1. The van der Waals surface area contributed by atoms with Gasteiger partial charge in [0.2, 0.25) is 5.91 Å². The van der Waals surface area contributed by atoms with E-state index >= 15 is 0 Å². The Bertz CT molecular complexity index is 507. The molecule has 1 fully saturated rings. The Balaban J connectivity index is 0.00000220. The Kier molecular flexibility index (Phi) is 6.49. The van der Waals surface area contributed by atoms with E-state index in [1.54, 1.807) is 12.1 Å². The number of nitrogen functional groups attached to an aromatic ring is 1. The topological polar surface area (TPSA) is 89.4 Å². The predicted octanol–water partition coefficient (Wildman–Crippen LogP) is 1.81. The van der Waals surface area contributed by atoms with Gasteiger partial charge in [-0.1, -0.05) is 12.1 Å². The number of primary amides is 1. The molecule has 5 nitrogen and oxygen atoms in total. The molecule has 6 heteroatoms. The number of anilines is 1. The average molecular weight is 312 g/mol. The zero-order valence-corrected chi connectivity index (χ0v) is 12.8. The first kappa shape index (κ1) is 17.3. The molecule has 4 N–H and O–H groups in total. The molecule has 21 heavy (non-hydrogen) atoms. The molecule has 1 aromatic rings. The molecule has 0 spiro atoms. The summed E-state index contributed by atoms with van der Waals surface area (Å²) < 4.78 is 0. The van der Waals surface area contributed by atoms with Gasteiger partial charge in [0.05, 0.1) is 5.56 Å². The lowest BCUT2D eigenvalue weighted by Gasteiger charge is -2.33. The number of rotatable bonds is 4. The van der Waals surface area contributed by atoms with Crippen molar-refractivity contribution in [1.82, 2.24) is 4.90 Å². The summed E-state index contributed by atoms with van der Waals surface area (Å²) in [4.78, 5) is 25.1. The highest BCUT2D eigenvalue weighted by Crippen LogP contribution is 2.23. The fourth-order valence-electron chi connectivity index (χ4n) is 2.69. The third kappa shape index (κ3) is 4.63. The summed E-state index contributed by atoms with van der Waals surface area (Å²) in [6, 6.07) is 7.13. The summed E-state index contributed by atoms with van der Waals surface area (Å²) in [7, 11) is 0. The number of hydrogen-bond donors (Lipinski definition) is 2. The molecule has 0 aromatic heterocycles. The SMILES string of the molecule is Cl.NC(=O)CCC1CCCN(C(=O)c2ccccc2N)C1. The molecule has 1 unspecified atom stereocenters. The van der Waals surface area contributed by atoms with Gasteiger partial charge in [0.15, 0.2) is 0 Å². The highest BCUT2D eigenvalue weighted by molar-refractivity contribution is 5.99. The Morgan fingerprint density at radius 1 is 1.29 bits per heavy atom. The lowest BCUT2D eigenvalue weighted by atomic mass is 9.93. The Morgan fingerprint density at radius 3 is 2.67 bits per heavy atom. The normalized spacial score (nSPS) is 17.9. The second-order valence-electron chi connectivity index (χ2n) is 5.35. The van der Waals surface area contributed by atoms with Gasteiger partial charge in [-0.25, -0.2) is 0 Å². The molecule has 1 saturated heterocycles. The molecule has 0 saturated carbocycles. The molecule has 1 heterocycles. The van der Waals surface area contributed by atoms with Crippen LogP contribution >= 0.6 is 12.4 Å². The van der Waals surface area contributed by atoms with Crippen LogP contribution in [0.4, 0.5) is 5.69 Å². The minimum absolute atomic E-state index is 0. The number of halogens is 1. The highest BCUT2D eigenvalue weighted by atomic mass is 35.5. The number of likely N-dealkylation sites (tertiary alicyclic amines) is 1. The van der Waals surface area contributed by atoms with Crippen molar-refractivity contribution in [1.29, 1.82) is 0 Å². The fraction of sp³-hybridized carbons (Fsp3) is 0.467. The summed E-state index contributed by atoms with van der Waals surface area (Å²) in [6.45, 7) is 1.43. The van der Waals surface area contributed by atoms with Crippen LogP contribution in [-0.4, -0.2) is 29.8 Å². The molecule has 0 bridgehead atoms. The van der Waals surface area contributed by atoms with Crippen molar-refractivity contribution in [3.8, 4) is 0 Å². The molecule has 1 aromatic carbocycles. The number of carbonyl (C=O) groups excluding carboxylic acids is 2. The van der Waals surface area contributed by atoms with Gasteiger partial charge < -0.3 is 16.4 Å². The van der Waals surface area contributed by atoms with Crippen molar-refractivity contribution in [2.75, 3.05) is 18.8 Å². The average Bonchev–Trinajstić information content (AvgIpc) is 2.45. The molecule has 0 aliphatic carbocycles. The van der Waals surface area contributed by atoms with Crippen LogP contribution in [0.3, 0.4) is 0 Å². The first-order chi connectivity index (χ1) is 9.58. The number of hydrogen-bond acceptors (Lipinski definition) is 3. The van der Waals surface area contributed by atoms with E-state index in [9.17, 15) is 9.59 Å². The molecule has 1 atom stereocenters. The smallest absolute Gasteiger partial charge is 0.255 e. The number of nitrogens with zero attached hydrogens (tertiary/aromatic N) is 1. The molecule has 2 amide bonds. The van der Waals surface area contributed by atoms with Crippen LogP contribution in [0.2, 0.25) is 0 Å². The zero-order chi connectivity index (χ0) is 14.5. The second kappa shape index (κ2) is 7.88. The summed E-state index contributed by atoms with van der Waals surface area (Å²) in [6.07, 6.45) is 3.15. The van der Waals surface area contributed by atoms with E-state index in [1.807, 2.05) is 17.0 Å². The third-order valence-corrected chi connectivity index (χ3v) is 3.80. The van der Waals surface area contributed by atoms with Crippen LogP contribution < -0.4 is 11.5 Å². The molecule has 116 valence electrons. The van der Waals surface area contributed by atoms with Crippen LogP contribution in [0.25, 0.3) is 0 Å². The van der Waals surface area contributed by atoms with Crippen molar-refractivity contribution < 1.29 is 9.59 Å². The van der Waals surface area contributed by atoms with Crippen molar-refractivity contribution in [2.45, 2.75) is 25.7 Å². The van der Waals surface area contributed by atoms with Gasteiger partial charge in [0.1, 0.15) is 0 Å². The number of carbonyl (C=O) groups is 2. The maximum atomic E-state index is 12.5. The van der Waals surface area contributed by atoms with Crippen LogP contribution in [0.15, 0.2) is 24.3 Å². The maximum absolute atomic E-state index is 12.5. The van der Waals surface area contributed by atoms with Crippen LogP contribution in [0.1, 0.15) is 36.0 Å². The van der Waals surface area contributed by atoms with E-state index in [0.717, 1.165) is 25.8 Å². The number of para-hydroxylation sites is 1. The first-order valence-electron chi connectivity index (χ1n) is 7.00. The monoisotopic (exact) mass is 311 g/mol. The van der Waals surface area contributed by atoms with Crippen LogP contribution in [0.5, 0.6) is 0 Å². The summed E-state index contributed by atoms with van der Waals surface area (Å²) in [5.41, 5.74) is 12.1. The summed E-state index contributed by atoms with van der Waals surface area (Å²) in [5.74, 6) is 0.0535. The molecule has 1 aliphatic rings. The summed E-state index contributed by atoms with van der Waals surface area (Å²) in [5, 5.41) is 0. The van der Waals surface area contributed by atoms with Crippen molar-refractivity contribution in [3.05, 3.63) is 29.8 Å². The van der Waals surface area contributed by atoms with Crippen molar-refractivity contribution in [3.63, 3.8) is 0 Å². The first-order valence-corrected chi connectivity index (χ1v) is 7.00. The fourth-order valence-corrected chi connectivity index (χ4v) is 2.69. The van der Waals surface area contributed by atoms with E-state index < -0.39 is 0 Å². The van der Waals surface area contributed by atoms with Crippen molar-refractivity contribution in [2.24, 2.45) is 11.7 Å². The van der Waals surface area contributed by atoms with E-state index in [4.69, 9.17) is 11.5 Å². The quantitative estimate of drug-likeness (QED) is 0.831. The Morgan fingerprint density at radius 2 is 2.00 bits per heavy atom. The number of benzene rings is 1. The van der Waals surface area contributed by atoms with Crippen LogP contribution in [0, 0.1) is 5.92 Å². The van der Waals surface area contributed by atoms with Gasteiger partial charge in [-0.3, -0.25) is 9.59 Å². The molecular weight excluding hydrogens is 290 g/mol. The number of amides is 2. The van der Waals surface area contributed by atoms with Gasteiger partial charge in [-0.05, 0) is 37.3 Å². The summed E-state index contributed by atoms with van der Waals surface area (Å²) >= 11 is 0. The van der Waals surface area contributed by atoms with Gasteiger partial charge in [-0.2, -0.15) is 0 Å². The zero-order valence-electron chi connectivity index (χ0n) is 12.0. The molecule has 0 radical (unpaired) electrons. The molecular formula is C15H22ClN3O2. The maximum Gasteiger partial charge on any atom is 0.255 e. The largest absolute Gasteiger partial charge is 0.398 e. The van der Waals surface area contributed by atoms with E-state index in [0.29, 0.717) is 30.1 Å². The molecule has 1 aliphatic heterocycles. The van der Waals surface area contributed by atoms with Crippen molar-refractivity contribution >= 4 is 29.9 Å². The van der Waals surface area contributed by atoms with Gasteiger partial charge >= 0.3 is 0 Å². The lowest BCUT2D eigenvalue weighted by Crippen LogP contribution is -2.40. The van der Waals surface area contributed by atoms with E-state index in [2.05, 4.69) is 0 Å². The Hall–Kier alpha value is -1.75. The highest BCUT2D eigenvalue weighted by Gasteiger charge is 2.25. The van der Waals surface area contributed by atoms with Gasteiger partial charge in [0.25, 0.3) is 5.91 Å². The van der Waals surface area contributed by atoms with Crippen LogP contribution in [-0.2, 0) is 4.79 Å². The van der Waals surface area contributed by atoms with Gasteiger partial charge in [0, 0.05) is 25.2 Å². The van der Waals surface area contributed by atoms with E-state index in [1.165, 1.54) is 0 Å². The van der Waals surface area contributed by atoms with Gasteiger partial charge in [-0.15, -0.1) is 12.4 Å². The Labute approximate surface area is 131 Å².